The van der Waals surface area contributed by atoms with E-state index in [1.54, 1.807) is 6.07 Å². The van der Waals surface area contributed by atoms with E-state index in [1.807, 2.05) is 0 Å². The lowest BCUT2D eigenvalue weighted by Crippen LogP contribution is -2.47. The van der Waals surface area contributed by atoms with Crippen molar-refractivity contribution < 1.29 is 13.5 Å². The van der Waals surface area contributed by atoms with Gasteiger partial charge in [0.05, 0.1) is 6.61 Å². The van der Waals surface area contributed by atoms with Crippen LogP contribution in [0.4, 0.5) is 0 Å². The minimum Gasteiger partial charge on any atom is -0.392 e. The Morgan fingerprint density at radius 2 is 2.19 bits per heavy atom. The summed E-state index contributed by atoms with van der Waals surface area (Å²) in [5.74, 6) is 0. The number of hydrogen-bond acceptors (Lipinski definition) is 5. The maximum absolute atomic E-state index is 12.3. The molecule has 2 aliphatic rings. The monoisotopic (exact) mass is 311 g/mol. The van der Waals surface area contributed by atoms with Gasteiger partial charge in [-0.05, 0) is 50.4 Å². The van der Waals surface area contributed by atoms with E-state index in [2.05, 4.69) is 14.6 Å². The van der Waals surface area contributed by atoms with Crippen LogP contribution in [0.25, 0.3) is 0 Å². The molecule has 2 saturated heterocycles. The molecule has 0 spiro atoms. The highest BCUT2D eigenvalue weighted by Gasteiger charge is 2.33. The van der Waals surface area contributed by atoms with Gasteiger partial charge < -0.3 is 10.0 Å². The minimum absolute atomic E-state index is 0.00586. The molecule has 0 bridgehead atoms. The first-order valence-electron chi connectivity index (χ1n) is 7.40. The lowest BCUT2D eigenvalue weighted by Gasteiger charge is -2.34. The molecule has 2 unspecified atom stereocenters. The number of rotatable bonds is 4. The Bertz CT molecular complexity index is 588. The van der Waals surface area contributed by atoms with E-state index < -0.39 is 10.0 Å². The Labute approximate surface area is 125 Å². The number of nitrogens with zero attached hydrogens (tertiary/aromatic N) is 2. The largest absolute Gasteiger partial charge is 0.392 e. The normalized spacial score (nSPS) is 26.7. The molecule has 2 aliphatic heterocycles. The number of hydrogen-bond donors (Lipinski definition) is 2. The zero-order chi connectivity index (χ0) is 14.9. The van der Waals surface area contributed by atoms with Gasteiger partial charge in [-0.15, -0.1) is 0 Å². The van der Waals surface area contributed by atoms with Crippen LogP contribution in [-0.2, 0) is 16.6 Å². The van der Waals surface area contributed by atoms with Gasteiger partial charge in [0.2, 0.25) is 0 Å². The molecule has 21 heavy (non-hydrogen) atoms. The zero-order valence-electron chi connectivity index (χ0n) is 11.9. The van der Waals surface area contributed by atoms with E-state index in [9.17, 15) is 8.42 Å². The Hall–Kier alpha value is -1.02. The number of pyridine rings is 1. The second-order valence-corrected chi connectivity index (χ2v) is 7.50. The van der Waals surface area contributed by atoms with Gasteiger partial charge in [-0.1, -0.05) is 6.07 Å². The highest BCUT2D eigenvalue weighted by molar-refractivity contribution is 7.89. The van der Waals surface area contributed by atoms with Crippen molar-refractivity contribution in [2.45, 2.75) is 49.4 Å². The Morgan fingerprint density at radius 1 is 1.33 bits per heavy atom. The second-order valence-electron chi connectivity index (χ2n) is 5.84. The molecule has 3 heterocycles. The molecule has 2 atom stereocenters. The Morgan fingerprint density at radius 3 is 2.90 bits per heavy atom. The first kappa shape index (κ1) is 14.9. The molecule has 3 rings (SSSR count). The summed E-state index contributed by atoms with van der Waals surface area (Å²) in [6.45, 7) is 1.98. The van der Waals surface area contributed by atoms with Crippen LogP contribution in [0.1, 0.15) is 31.2 Å². The fourth-order valence-corrected chi connectivity index (χ4v) is 4.49. The number of aliphatic hydroxyl groups is 1. The van der Waals surface area contributed by atoms with E-state index in [0.717, 1.165) is 25.9 Å². The van der Waals surface area contributed by atoms with Crippen LogP contribution in [-0.4, -0.2) is 48.6 Å². The predicted octanol–water partition coefficient (Wildman–Crippen LogP) is 0.479. The number of aliphatic hydroxyl groups excluding tert-OH is 1. The lowest BCUT2D eigenvalue weighted by atomic mass is 9.99. The summed E-state index contributed by atoms with van der Waals surface area (Å²) >= 11 is 0. The predicted molar refractivity (Wildman–Crippen MR) is 78.1 cm³/mol. The van der Waals surface area contributed by atoms with Crippen molar-refractivity contribution in [1.82, 2.24) is 14.6 Å². The van der Waals surface area contributed by atoms with Crippen LogP contribution in [0, 0.1) is 0 Å². The van der Waals surface area contributed by atoms with Crippen molar-refractivity contribution in [2.75, 3.05) is 13.1 Å². The summed E-state index contributed by atoms with van der Waals surface area (Å²) in [7, 11) is -3.57. The maximum atomic E-state index is 12.3. The third kappa shape index (κ3) is 3.26. The number of nitrogens with one attached hydrogen (secondary N) is 1. The molecule has 0 saturated carbocycles. The van der Waals surface area contributed by atoms with Crippen molar-refractivity contribution in [2.24, 2.45) is 0 Å². The third-order valence-corrected chi connectivity index (χ3v) is 5.83. The minimum atomic E-state index is -3.57. The number of piperidine rings is 1. The van der Waals surface area contributed by atoms with Crippen LogP contribution < -0.4 is 4.72 Å². The molecule has 0 aromatic carbocycles. The van der Waals surface area contributed by atoms with Gasteiger partial charge in [-0.2, -0.15) is 0 Å². The molecular formula is C14H21N3O3S. The first-order valence-corrected chi connectivity index (χ1v) is 8.89. The van der Waals surface area contributed by atoms with Gasteiger partial charge in [-0.25, -0.2) is 18.1 Å². The Balaban J connectivity index is 1.67. The fraction of sp³-hybridized carbons (Fsp3) is 0.643. The van der Waals surface area contributed by atoms with Crippen molar-refractivity contribution in [3.63, 3.8) is 0 Å². The van der Waals surface area contributed by atoms with E-state index in [1.165, 1.54) is 25.1 Å². The molecule has 0 aliphatic carbocycles. The molecule has 1 aromatic heterocycles. The van der Waals surface area contributed by atoms with Gasteiger partial charge in [-0.3, -0.25) is 0 Å². The maximum Gasteiger partial charge on any atom is 0.258 e. The topological polar surface area (TPSA) is 82.5 Å². The van der Waals surface area contributed by atoms with Crippen molar-refractivity contribution in [3.05, 3.63) is 23.9 Å². The van der Waals surface area contributed by atoms with Gasteiger partial charge in [0, 0.05) is 18.3 Å². The number of aromatic nitrogens is 1. The zero-order valence-corrected chi connectivity index (χ0v) is 12.7. The summed E-state index contributed by atoms with van der Waals surface area (Å²) in [5, 5.41) is 8.99. The van der Waals surface area contributed by atoms with Crippen LogP contribution in [0.2, 0.25) is 0 Å². The highest BCUT2D eigenvalue weighted by Crippen LogP contribution is 2.27. The van der Waals surface area contributed by atoms with Crippen molar-refractivity contribution in [1.29, 1.82) is 0 Å². The fourth-order valence-electron chi connectivity index (χ4n) is 3.27. The molecule has 6 nitrogen and oxygen atoms in total. The summed E-state index contributed by atoms with van der Waals surface area (Å²) in [6, 6.07) is 3.55. The van der Waals surface area contributed by atoms with Gasteiger partial charge in [0.25, 0.3) is 10.0 Å². The Kier molecular flexibility index (Phi) is 4.26. The van der Waals surface area contributed by atoms with Crippen molar-refractivity contribution in [3.8, 4) is 0 Å². The summed E-state index contributed by atoms with van der Waals surface area (Å²) < 4.78 is 27.5. The first-order chi connectivity index (χ1) is 10.1. The molecule has 0 amide bonds. The van der Waals surface area contributed by atoms with Crippen LogP contribution in [0.3, 0.4) is 0 Å². The molecule has 7 heteroatoms. The van der Waals surface area contributed by atoms with E-state index in [4.69, 9.17) is 5.11 Å². The second kappa shape index (κ2) is 6.00. The molecule has 2 fully saturated rings. The SMILES string of the molecule is O=S(=O)(NC1CCN2CCCC2C1)c1ccc(CO)cn1. The van der Waals surface area contributed by atoms with Gasteiger partial charge >= 0.3 is 0 Å². The van der Waals surface area contributed by atoms with Crippen molar-refractivity contribution >= 4 is 10.0 Å². The molecule has 0 radical (unpaired) electrons. The summed E-state index contributed by atoms with van der Waals surface area (Å²) in [4.78, 5) is 6.39. The van der Waals surface area contributed by atoms with Crippen LogP contribution in [0.15, 0.2) is 23.4 Å². The van der Waals surface area contributed by atoms with Crippen LogP contribution >= 0.6 is 0 Å². The molecule has 2 N–H and O–H groups in total. The lowest BCUT2D eigenvalue weighted by molar-refractivity contribution is 0.176. The summed E-state index contributed by atoms with van der Waals surface area (Å²) in [6.07, 6.45) is 5.52. The highest BCUT2D eigenvalue weighted by atomic mass is 32.2. The van der Waals surface area contributed by atoms with E-state index in [0.29, 0.717) is 11.6 Å². The van der Waals surface area contributed by atoms with Crippen LogP contribution in [0.5, 0.6) is 0 Å². The molecule has 1 aromatic rings. The van der Waals surface area contributed by atoms with E-state index in [-0.39, 0.29) is 17.7 Å². The average molecular weight is 311 g/mol. The van der Waals surface area contributed by atoms with Gasteiger partial charge in [0.1, 0.15) is 0 Å². The number of sulfonamides is 1. The smallest absolute Gasteiger partial charge is 0.258 e. The quantitative estimate of drug-likeness (QED) is 0.845. The summed E-state index contributed by atoms with van der Waals surface area (Å²) in [5.41, 5.74) is 0.605. The third-order valence-electron chi connectivity index (χ3n) is 4.40. The average Bonchev–Trinajstić information content (AvgIpc) is 2.94. The molecule has 116 valence electrons. The molecular weight excluding hydrogens is 290 g/mol. The van der Waals surface area contributed by atoms with E-state index >= 15 is 0 Å². The standard InChI is InChI=1S/C14H21N3O3S/c18-10-11-3-4-14(15-9-11)21(19,20)16-12-5-7-17-6-1-2-13(17)8-12/h3-4,9,12-13,16,18H,1-2,5-8,10H2. The van der Waals surface area contributed by atoms with Gasteiger partial charge in [0.15, 0.2) is 5.03 Å². The number of fused-ring (bicyclic) bond motifs is 1.